The molecule has 0 spiro atoms. The number of hydrogen-bond acceptors (Lipinski definition) is 9. The number of nitrogens with two attached hydrogens (primary N) is 1. The van der Waals surface area contributed by atoms with E-state index in [1.165, 1.54) is 11.3 Å². The molecule has 3 N–H and O–H groups in total. The molecule has 0 aromatic carbocycles. The summed E-state index contributed by atoms with van der Waals surface area (Å²) in [5, 5.41) is 7.77. The summed E-state index contributed by atoms with van der Waals surface area (Å²) in [6, 6.07) is 5.28. The Morgan fingerprint density at radius 2 is 2.13 bits per heavy atom. The van der Waals surface area contributed by atoms with Crippen LogP contribution in [0.1, 0.15) is 41.9 Å². The van der Waals surface area contributed by atoms with E-state index in [-0.39, 0.29) is 11.9 Å². The van der Waals surface area contributed by atoms with Gasteiger partial charge < -0.3 is 25.2 Å². The zero-order valence-electron chi connectivity index (χ0n) is 17.3. The highest BCUT2D eigenvalue weighted by atomic mass is 32.1. The molecule has 0 unspecified atom stereocenters. The van der Waals surface area contributed by atoms with Gasteiger partial charge in [0, 0.05) is 18.5 Å². The van der Waals surface area contributed by atoms with E-state index in [9.17, 15) is 4.79 Å². The summed E-state index contributed by atoms with van der Waals surface area (Å²) in [5.41, 5.74) is 6.80. The van der Waals surface area contributed by atoms with Gasteiger partial charge in [-0.3, -0.25) is 4.79 Å². The van der Waals surface area contributed by atoms with Crippen LogP contribution >= 0.6 is 11.3 Å². The number of nitrogens with zero attached hydrogens (tertiary/aromatic N) is 4. The second-order valence-corrected chi connectivity index (χ2v) is 7.43. The Bertz CT molecular complexity index is 1010. The summed E-state index contributed by atoms with van der Waals surface area (Å²) in [6.45, 7) is 9.66. The van der Waals surface area contributed by atoms with Gasteiger partial charge in [-0.1, -0.05) is 19.0 Å². The van der Waals surface area contributed by atoms with E-state index in [0.29, 0.717) is 45.4 Å². The molecule has 0 saturated carbocycles. The zero-order valence-corrected chi connectivity index (χ0v) is 18.2. The zero-order chi connectivity index (χ0) is 21.5. The molecule has 3 aromatic heterocycles. The molecule has 3 rings (SSSR count). The van der Waals surface area contributed by atoms with Gasteiger partial charge in [-0.15, -0.1) is 11.3 Å². The maximum atomic E-state index is 12.3. The number of amides is 1. The molecule has 3 heterocycles. The fraction of sp³-hybridized carbons (Fsp3) is 0.400. The van der Waals surface area contributed by atoms with Crippen molar-refractivity contribution in [3.63, 3.8) is 0 Å². The number of oxime groups is 1. The molecule has 0 fully saturated rings. The minimum Gasteiger partial charge on any atom is -0.463 e. The molecule has 1 amide bonds. The van der Waals surface area contributed by atoms with Gasteiger partial charge in [0.15, 0.2) is 11.5 Å². The molecule has 0 aliphatic carbocycles. The third-order valence-electron chi connectivity index (χ3n) is 4.50. The Labute approximate surface area is 178 Å². The highest BCUT2D eigenvalue weighted by molar-refractivity contribution is 7.20. The molecule has 10 heteroatoms. The summed E-state index contributed by atoms with van der Waals surface area (Å²) < 4.78 is 5.55. The van der Waals surface area contributed by atoms with E-state index in [4.69, 9.17) is 15.0 Å². The van der Waals surface area contributed by atoms with Gasteiger partial charge in [0.1, 0.15) is 17.1 Å². The lowest BCUT2D eigenvalue weighted by Gasteiger charge is -2.16. The standard InChI is InChI=1S/C20H26N6O3S/c1-4-22-18(27)15-12-13-16(23-20(21)24-19(13)30-15)17(14-8-7-10-28-14)25-29-11-9-26(5-2)6-3/h7-8,10,12H,4-6,9,11H2,1-3H3,(H,22,27)(H2,21,23,24)/b25-17+. The lowest BCUT2D eigenvalue weighted by Crippen LogP contribution is -2.26. The van der Waals surface area contributed by atoms with Crippen molar-refractivity contribution >= 4 is 39.1 Å². The van der Waals surface area contributed by atoms with Crippen LogP contribution in [0.25, 0.3) is 10.2 Å². The SMILES string of the molecule is CCNC(=O)c1cc2c(/C(=N/OCCN(CC)CC)c3ccco3)nc(N)nc2s1. The van der Waals surface area contributed by atoms with Crippen LogP contribution in [0.3, 0.4) is 0 Å². The first-order valence-corrected chi connectivity index (χ1v) is 10.7. The molecular weight excluding hydrogens is 404 g/mol. The monoisotopic (exact) mass is 430 g/mol. The van der Waals surface area contributed by atoms with Crippen LogP contribution in [0.5, 0.6) is 0 Å². The number of hydrogen-bond donors (Lipinski definition) is 2. The van der Waals surface area contributed by atoms with Crippen LogP contribution in [0, 0.1) is 0 Å². The minimum absolute atomic E-state index is 0.0872. The Morgan fingerprint density at radius 1 is 1.33 bits per heavy atom. The third-order valence-corrected chi connectivity index (χ3v) is 5.53. The van der Waals surface area contributed by atoms with E-state index < -0.39 is 0 Å². The maximum Gasteiger partial charge on any atom is 0.261 e. The number of carbonyl (C=O) groups excluding carboxylic acids is 1. The van der Waals surface area contributed by atoms with Crippen LogP contribution in [0.2, 0.25) is 0 Å². The average molecular weight is 431 g/mol. The molecular formula is C20H26N6O3S. The lowest BCUT2D eigenvalue weighted by molar-refractivity contribution is 0.0960. The van der Waals surface area contributed by atoms with Gasteiger partial charge in [0.2, 0.25) is 5.95 Å². The number of furan rings is 1. The summed E-state index contributed by atoms with van der Waals surface area (Å²) in [6.07, 6.45) is 1.55. The molecule has 30 heavy (non-hydrogen) atoms. The van der Waals surface area contributed by atoms with Gasteiger partial charge in [-0.05, 0) is 38.2 Å². The highest BCUT2D eigenvalue weighted by Gasteiger charge is 2.21. The van der Waals surface area contributed by atoms with Crippen molar-refractivity contribution in [1.82, 2.24) is 20.2 Å². The number of nitrogen functional groups attached to an aromatic ring is 1. The first-order valence-electron chi connectivity index (χ1n) is 9.89. The molecule has 3 aromatic rings. The number of carbonyl (C=O) groups is 1. The van der Waals surface area contributed by atoms with E-state index in [1.807, 2.05) is 6.92 Å². The Balaban J connectivity index is 1.98. The van der Waals surface area contributed by atoms with E-state index in [0.717, 1.165) is 19.6 Å². The number of fused-ring (bicyclic) bond motifs is 1. The topological polar surface area (TPSA) is 119 Å². The van der Waals surface area contributed by atoms with Crippen molar-refractivity contribution in [3.8, 4) is 0 Å². The molecule has 0 aliphatic heterocycles. The first kappa shape index (κ1) is 21.7. The number of thiophene rings is 1. The second kappa shape index (κ2) is 10.2. The largest absolute Gasteiger partial charge is 0.463 e. The fourth-order valence-electron chi connectivity index (χ4n) is 2.92. The quantitative estimate of drug-likeness (QED) is 0.288. The number of aromatic nitrogens is 2. The number of rotatable bonds is 10. The van der Waals surface area contributed by atoms with E-state index >= 15 is 0 Å². The van der Waals surface area contributed by atoms with Crippen molar-refractivity contribution in [2.24, 2.45) is 5.16 Å². The molecule has 9 nitrogen and oxygen atoms in total. The smallest absolute Gasteiger partial charge is 0.261 e. The van der Waals surface area contributed by atoms with Gasteiger partial charge >= 0.3 is 0 Å². The predicted molar refractivity (Wildman–Crippen MR) is 118 cm³/mol. The lowest BCUT2D eigenvalue weighted by atomic mass is 10.1. The van der Waals surface area contributed by atoms with Crippen molar-refractivity contribution < 1.29 is 14.0 Å². The van der Waals surface area contributed by atoms with Crippen LogP contribution in [-0.2, 0) is 4.84 Å². The van der Waals surface area contributed by atoms with Crippen molar-refractivity contribution in [2.75, 3.05) is 38.5 Å². The van der Waals surface area contributed by atoms with Crippen LogP contribution < -0.4 is 11.1 Å². The van der Waals surface area contributed by atoms with Crippen molar-refractivity contribution in [3.05, 3.63) is 40.8 Å². The summed E-state index contributed by atoms with van der Waals surface area (Å²) in [4.78, 5) is 29.9. The number of likely N-dealkylation sites (N-methyl/N-ethyl adjacent to an activating group) is 1. The maximum absolute atomic E-state index is 12.3. The summed E-state index contributed by atoms with van der Waals surface area (Å²) in [7, 11) is 0. The Hall–Kier alpha value is -2.98. The van der Waals surface area contributed by atoms with Gasteiger partial charge in [-0.25, -0.2) is 9.97 Å². The fourth-order valence-corrected chi connectivity index (χ4v) is 3.87. The molecule has 0 bridgehead atoms. The normalized spacial score (nSPS) is 11.9. The van der Waals surface area contributed by atoms with Crippen LogP contribution in [0.15, 0.2) is 34.0 Å². The average Bonchev–Trinajstić information content (AvgIpc) is 3.40. The Morgan fingerprint density at radius 3 is 2.80 bits per heavy atom. The molecule has 0 saturated heterocycles. The third kappa shape index (κ3) is 4.95. The summed E-state index contributed by atoms with van der Waals surface area (Å²) in [5.74, 6) is 0.407. The second-order valence-electron chi connectivity index (χ2n) is 6.40. The molecule has 0 atom stereocenters. The van der Waals surface area contributed by atoms with Gasteiger partial charge in [-0.2, -0.15) is 0 Å². The highest BCUT2D eigenvalue weighted by Crippen LogP contribution is 2.28. The summed E-state index contributed by atoms with van der Waals surface area (Å²) >= 11 is 1.25. The first-order chi connectivity index (χ1) is 14.6. The molecule has 160 valence electrons. The van der Waals surface area contributed by atoms with E-state index in [2.05, 4.69) is 39.2 Å². The minimum atomic E-state index is -0.169. The van der Waals surface area contributed by atoms with Crippen molar-refractivity contribution in [1.29, 1.82) is 0 Å². The number of nitrogens with one attached hydrogen (secondary N) is 1. The molecule has 0 radical (unpaired) electrons. The van der Waals surface area contributed by atoms with Gasteiger partial charge in [0.05, 0.1) is 11.1 Å². The number of anilines is 1. The molecule has 0 aliphatic rings. The van der Waals surface area contributed by atoms with Crippen molar-refractivity contribution in [2.45, 2.75) is 20.8 Å². The van der Waals surface area contributed by atoms with Crippen LogP contribution in [0.4, 0.5) is 5.95 Å². The van der Waals surface area contributed by atoms with Gasteiger partial charge in [0.25, 0.3) is 5.91 Å². The van der Waals surface area contributed by atoms with Crippen LogP contribution in [-0.4, -0.2) is 59.3 Å². The predicted octanol–water partition coefficient (Wildman–Crippen LogP) is 2.73. The Kier molecular flexibility index (Phi) is 7.36. The van der Waals surface area contributed by atoms with E-state index in [1.54, 1.807) is 24.5 Å².